The van der Waals surface area contributed by atoms with Crippen molar-refractivity contribution in [1.82, 2.24) is 9.21 Å². The van der Waals surface area contributed by atoms with E-state index in [0.29, 0.717) is 17.2 Å². The molecule has 0 spiro atoms. The lowest BCUT2D eigenvalue weighted by molar-refractivity contribution is -0.139. The number of carbonyl (C=O) groups is 2. The number of carbonyl (C=O) groups excluding carboxylic acids is 2. The van der Waals surface area contributed by atoms with Crippen molar-refractivity contribution in [3.05, 3.63) is 48.5 Å². The second-order valence-corrected chi connectivity index (χ2v) is 9.24. The van der Waals surface area contributed by atoms with Crippen molar-refractivity contribution >= 4 is 27.5 Å². The normalized spacial score (nSPS) is 17.8. The van der Waals surface area contributed by atoms with Gasteiger partial charge in [-0.05, 0) is 37.3 Å². The molecule has 2 heterocycles. The second-order valence-electron chi connectivity index (χ2n) is 7.30. The molecule has 4 rings (SSSR count). The highest BCUT2D eigenvalue weighted by Gasteiger charge is 2.32. The Balaban J connectivity index is 1.39. The third kappa shape index (κ3) is 4.49. The van der Waals surface area contributed by atoms with Gasteiger partial charge in [0.25, 0.3) is 11.8 Å². The van der Waals surface area contributed by atoms with E-state index < -0.39 is 16.1 Å². The topological polar surface area (TPSA) is 105 Å². The van der Waals surface area contributed by atoms with Crippen LogP contribution >= 0.6 is 0 Å². The van der Waals surface area contributed by atoms with Gasteiger partial charge in [-0.3, -0.25) is 9.59 Å². The molecule has 0 saturated carbocycles. The molecule has 1 atom stereocenters. The molecule has 1 saturated heterocycles. The third-order valence-corrected chi connectivity index (χ3v) is 7.07. The van der Waals surface area contributed by atoms with E-state index >= 15 is 0 Å². The highest BCUT2D eigenvalue weighted by atomic mass is 32.2. The Morgan fingerprint density at radius 2 is 1.81 bits per heavy atom. The van der Waals surface area contributed by atoms with Crippen LogP contribution in [0.3, 0.4) is 0 Å². The van der Waals surface area contributed by atoms with Crippen molar-refractivity contribution < 1.29 is 27.5 Å². The molecule has 10 heteroatoms. The molecule has 2 aromatic carbocycles. The van der Waals surface area contributed by atoms with E-state index in [9.17, 15) is 18.0 Å². The molecule has 0 unspecified atom stereocenters. The number of hydrogen-bond donors (Lipinski definition) is 1. The number of para-hydroxylation sites is 1. The number of sulfonamides is 1. The van der Waals surface area contributed by atoms with Gasteiger partial charge in [-0.15, -0.1) is 0 Å². The monoisotopic (exact) mass is 445 g/mol. The molecule has 31 heavy (non-hydrogen) atoms. The molecule has 0 bridgehead atoms. The molecule has 0 aromatic heterocycles. The summed E-state index contributed by atoms with van der Waals surface area (Å²) < 4.78 is 38.4. The maximum atomic E-state index is 13.1. The number of fused-ring (bicyclic) bond motifs is 1. The van der Waals surface area contributed by atoms with Crippen LogP contribution in [0.25, 0.3) is 0 Å². The first kappa shape index (κ1) is 21.1. The summed E-state index contributed by atoms with van der Waals surface area (Å²) in [5, 5.41) is 2.62. The molecule has 2 aliphatic rings. The molecule has 2 aromatic rings. The van der Waals surface area contributed by atoms with E-state index in [2.05, 4.69) is 5.32 Å². The highest BCUT2D eigenvalue weighted by Crippen LogP contribution is 2.31. The van der Waals surface area contributed by atoms with Crippen LogP contribution in [0.2, 0.25) is 0 Å². The van der Waals surface area contributed by atoms with Crippen LogP contribution in [-0.4, -0.2) is 68.3 Å². The van der Waals surface area contributed by atoms with Crippen molar-refractivity contribution in [3.8, 4) is 11.5 Å². The fraction of sp³-hybridized carbons (Fsp3) is 0.333. The fourth-order valence-corrected chi connectivity index (χ4v) is 4.98. The van der Waals surface area contributed by atoms with Crippen LogP contribution in [0.15, 0.2) is 53.4 Å². The zero-order valence-corrected chi connectivity index (χ0v) is 17.8. The summed E-state index contributed by atoms with van der Waals surface area (Å²) in [4.78, 5) is 25.9. The van der Waals surface area contributed by atoms with Crippen LogP contribution in [0.1, 0.15) is 6.92 Å². The summed E-state index contributed by atoms with van der Waals surface area (Å²) in [5.41, 5.74) is 0.332. The molecule has 0 radical (unpaired) electrons. The van der Waals surface area contributed by atoms with Gasteiger partial charge in [0.05, 0.1) is 10.6 Å². The maximum absolute atomic E-state index is 13.1. The number of benzene rings is 2. The van der Waals surface area contributed by atoms with Crippen molar-refractivity contribution in [2.75, 3.05) is 38.1 Å². The van der Waals surface area contributed by atoms with Gasteiger partial charge in [0.2, 0.25) is 10.0 Å². The van der Waals surface area contributed by atoms with E-state index in [1.165, 1.54) is 22.5 Å². The Hall–Kier alpha value is -3.11. The molecule has 2 aliphatic heterocycles. The maximum Gasteiger partial charge on any atom is 0.263 e. The Morgan fingerprint density at radius 1 is 1.10 bits per heavy atom. The summed E-state index contributed by atoms with van der Waals surface area (Å²) in [6, 6.07) is 13.5. The van der Waals surface area contributed by atoms with Crippen molar-refractivity contribution in [2.45, 2.75) is 17.9 Å². The van der Waals surface area contributed by atoms with Crippen LogP contribution in [-0.2, 0) is 19.6 Å². The summed E-state index contributed by atoms with van der Waals surface area (Å²) in [5.74, 6) is 0.518. The number of piperazine rings is 1. The zero-order chi connectivity index (χ0) is 22.0. The first-order chi connectivity index (χ1) is 14.8. The van der Waals surface area contributed by atoms with E-state index in [1.54, 1.807) is 24.0 Å². The van der Waals surface area contributed by atoms with Crippen LogP contribution in [0.4, 0.5) is 5.69 Å². The third-order valence-electron chi connectivity index (χ3n) is 5.18. The van der Waals surface area contributed by atoms with Crippen molar-refractivity contribution in [3.63, 3.8) is 0 Å². The van der Waals surface area contributed by atoms with Crippen LogP contribution < -0.4 is 14.8 Å². The molecule has 2 amide bonds. The summed E-state index contributed by atoms with van der Waals surface area (Å²) in [7, 11) is -3.77. The van der Waals surface area contributed by atoms with Gasteiger partial charge < -0.3 is 19.7 Å². The predicted molar refractivity (Wildman–Crippen MR) is 112 cm³/mol. The minimum atomic E-state index is -3.77. The Bertz CT molecular complexity index is 1080. The standard InChI is InChI=1S/C21H23N3O6S/c1-15(30-16-5-3-2-4-6-16)21(26)23-9-11-24(12-10-23)31(27,28)17-7-8-19-18(13-17)22-20(25)14-29-19/h2-8,13,15H,9-12,14H2,1H3,(H,22,25)/t15-/m1/s1. The Labute approximate surface area is 180 Å². The van der Waals surface area contributed by atoms with Gasteiger partial charge in [0.1, 0.15) is 11.5 Å². The Kier molecular flexibility index (Phi) is 5.84. The number of rotatable bonds is 5. The van der Waals surface area contributed by atoms with Crippen molar-refractivity contribution in [2.24, 2.45) is 0 Å². The lowest BCUT2D eigenvalue weighted by Crippen LogP contribution is -2.53. The van der Waals surface area contributed by atoms with Gasteiger partial charge in [-0.2, -0.15) is 4.31 Å². The van der Waals surface area contributed by atoms with Gasteiger partial charge in [-0.1, -0.05) is 18.2 Å². The second kappa shape index (κ2) is 8.56. The molecule has 164 valence electrons. The van der Waals surface area contributed by atoms with Gasteiger partial charge in [0, 0.05) is 26.2 Å². The van der Waals surface area contributed by atoms with Crippen LogP contribution in [0, 0.1) is 0 Å². The van der Waals surface area contributed by atoms with E-state index in [0.717, 1.165) is 0 Å². The van der Waals surface area contributed by atoms with Crippen LogP contribution in [0.5, 0.6) is 11.5 Å². The zero-order valence-electron chi connectivity index (χ0n) is 17.0. The summed E-state index contributed by atoms with van der Waals surface area (Å²) in [6.07, 6.45) is -0.671. The predicted octanol–water partition coefficient (Wildman–Crippen LogP) is 1.32. The molecular weight excluding hydrogens is 422 g/mol. The smallest absolute Gasteiger partial charge is 0.263 e. The molecule has 0 aliphatic carbocycles. The number of nitrogens with one attached hydrogen (secondary N) is 1. The number of hydrogen-bond acceptors (Lipinski definition) is 6. The molecular formula is C21H23N3O6S. The SMILES string of the molecule is C[C@@H](Oc1ccccc1)C(=O)N1CCN(S(=O)(=O)c2ccc3c(c2)NC(=O)CO3)CC1. The largest absolute Gasteiger partial charge is 0.482 e. The van der Waals surface area contributed by atoms with E-state index in [4.69, 9.17) is 9.47 Å². The lowest BCUT2D eigenvalue weighted by Gasteiger charge is -2.35. The number of ether oxygens (including phenoxy) is 2. The number of nitrogens with zero attached hydrogens (tertiary/aromatic N) is 2. The average Bonchev–Trinajstić information content (AvgIpc) is 2.78. The molecule has 1 fully saturated rings. The first-order valence-corrected chi connectivity index (χ1v) is 11.4. The fourth-order valence-electron chi connectivity index (χ4n) is 3.53. The number of anilines is 1. The minimum Gasteiger partial charge on any atom is -0.482 e. The summed E-state index contributed by atoms with van der Waals surface area (Å²) in [6.45, 7) is 2.47. The molecule has 1 N–H and O–H groups in total. The highest BCUT2D eigenvalue weighted by molar-refractivity contribution is 7.89. The van der Waals surface area contributed by atoms with Gasteiger partial charge in [0.15, 0.2) is 12.7 Å². The Morgan fingerprint density at radius 3 is 2.52 bits per heavy atom. The van der Waals surface area contributed by atoms with Gasteiger partial charge >= 0.3 is 0 Å². The van der Waals surface area contributed by atoms with E-state index in [-0.39, 0.29) is 49.5 Å². The molecule has 9 nitrogen and oxygen atoms in total. The number of amides is 2. The lowest BCUT2D eigenvalue weighted by atomic mass is 10.2. The quantitative estimate of drug-likeness (QED) is 0.744. The van der Waals surface area contributed by atoms with Crippen molar-refractivity contribution in [1.29, 1.82) is 0 Å². The first-order valence-electron chi connectivity index (χ1n) is 9.92. The summed E-state index contributed by atoms with van der Waals surface area (Å²) >= 11 is 0. The van der Waals surface area contributed by atoms with Gasteiger partial charge in [-0.25, -0.2) is 8.42 Å². The van der Waals surface area contributed by atoms with E-state index in [1.807, 2.05) is 18.2 Å². The minimum absolute atomic E-state index is 0.0672. The average molecular weight is 445 g/mol.